The minimum atomic E-state index is 0.862. The summed E-state index contributed by atoms with van der Waals surface area (Å²) >= 11 is 0. The molecule has 0 saturated heterocycles. The van der Waals surface area contributed by atoms with Crippen LogP contribution in [0.1, 0.15) is 0 Å². The van der Waals surface area contributed by atoms with Crippen LogP contribution in [-0.2, 0) is 0 Å². The van der Waals surface area contributed by atoms with Crippen molar-refractivity contribution >= 4 is 71.3 Å². The fourth-order valence-electron chi connectivity index (χ4n) is 7.04. The predicted octanol–water partition coefficient (Wildman–Crippen LogP) is 9.47. The molecule has 0 amide bonds. The predicted molar refractivity (Wildman–Crippen MR) is 165 cm³/mol. The van der Waals surface area contributed by atoms with Gasteiger partial charge in [-0.1, -0.05) is 78.9 Å². The van der Waals surface area contributed by atoms with Crippen molar-refractivity contribution in [3.63, 3.8) is 0 Å². The summed E-state index contributed by atoms with van der Waals surface area (Å²) in [6.07, 6.45) is 0. The van der Waals surface area contributed by atoms with Crippen LogP contribution in [0.25, 0.3) is 82.7 Å². The summed E-state index contributed by atoms with van der Waals surface area (Å²) in [5.74, 6) is 0. The van der Waals surface area contributed by atoms with Gasteiger partial charge in [-0.3, -0.25) is 4.57 Å². The van der Waals surface area contributed by atoms with Gasteiger partial charge in [0.2, 0.25) is 0 Å². The van der Waals surface area contributed by atoms with Gasteiger partial charge in [-0.2, -0.15) is 0 Å². The lowest BCUT2D eigenvalue weighted by Gasteiger charge is -2.25. The second kappa shape index (κ2) is 7.13. The largest absolute Gasteiger partial charge is 0.451 e. The van der Waals surface area contributed by atoms with Gasteiger partial charge in [-0.15, -0.1) is 0 Å². The van der Waals surface area contributed by atoms with Crippen LogP contribution in [0.5, 0.6) is 0 Å². The first-order valence-corrected chi connectivity index (χ1v) is 13.6. The Morgan fingerprint density at radius 1 is 0.425 bits per heavy atom. The summed E-state index contributed by atoms with van der Waals surface area (Å²) in [5.41, 5.74) is 11.9. The highest BCUT2D eigenvalue weighted by molar-refractivity contribution is 6.27. The van der Waals surface area contributed by atoms with E-state index in [1.54, 1.807) is 0 Å². The first-order chi connectivity index (χ1) is 19.9. The monoisotopic (exact) mass is 511 g/mol. The fourth-order valence-corrected chi connectivity index (χ4v) is 7.04. The highest BCUT2D eigenvalue weighted by Gasteiger charge is 2.27. The molecule has 4 heteroatoms. The minimum Gasteiger partial charge on any atom is -0.451 e. The Balaban J connectivity index is 1.60. The Morgan fingerprint density at radius 3 is 1.88 bits per heavy atom. The summed E-state index contributed by atoms with van der Waals surface area (Å²) in [7, 11) is 0. The van der Waals surface area contributed by atoms with E-state index >= 15 is 0 Å². The number of benzene rings is 6. The molecule has 0 aliphatic carbocycles. The smallest absolute Gasteiger partial charge is 0.178 e. The van der Waals surface area contributed by atoms with Gasteiger partial charge in [0.05, 0.1) is 38.6 Å². The summed E-state index contributed by atoms with van der Waals surface area (Å²) in [5, 5.41) is 4.97. The Kier molecular flexibility index (Phi) is 3.65. The molecule has 4 heterocycles. The maximum absolute atomic E-state index is 6.96. The van der Waals surface area contributed by atoms with Gasteiger partial charge in [0.25, 0.3) is 0 Å². The highest BCUT2D eigenvalue weighted by atomic mass is 16.3. The van der Waals surface area contributed by atoms with Crippen molar-refractivity contribution in [2.24, 2.45) is 0 Å². The number of para-hydroxylation sites is 7. The zero-order chi connectivity index (χ0) is 25.9. The molecule has 0 fully saturated rings. The van der Waals surface area contributed by atoms with Gasteiger partial charge < -0.3 is 13.4 Å². The van der Waals surface area contributed by atoms with Crippen molar-refractivity contribution in [3.05, 3.63) is 127 Å². The van der Waals surface area contributed by atoms with E-state index in [1.807, 2.05) is 0 Å². The average molecular weight is 512 g/mol. The Bertz CT molecular complexity index is 2590. The van der Waals surface area contributed by atoms with Crippen LogP contribution in [0.2, 0.25) is 0 Å². The van der Waals surface area contributed by atoms with E-state index in [9.17, 15) is 0 Å². The maximum Gasteiger partial charge on any atom is 0.178 e. The van der Waals surface area contributed by atoms with Crippen LogP contribution >= 0.6 is 0 Å². The van der Waals surface area contributed by atoms with Gasteiger partial charge in [-0.05, 0) is 48.5 Å². The Morgan fingerprint density at radius 2 is 1.05 bits per heavy atom. The van der Waals surface area contributed by atoms with E-state index in [2.05, 4.69) is 141 Å². The van der Waals surface area contributed by atoms with Crippen molar-refractivity contribution in [1.29, 1.82) is 0 Å². The van der Waals surface area contributed by atoms with Crippen molar-refractivity contribution in [3.8, 4) is 11.4 Å². The molecule has 186 valence electrons. The van der Waals surface area contributed by atoms with Crippen LogP contribution in [0.4, 0.5) is 0 Å². The number of hydrogen-bond donors (Lipinski definition) is 0. The number of nitrogens with zero attached hydrogens (tertiary/aromatic N) is 3. The van der Waals surface area contributed by atoms with E-state index < -0.39 is 0 Å². The fraction of sp³-hybridized carbons (Fsp3) is 0. The summed E-state index contributed by atoms with van der Waals surface area (Å²) < 4.78 is 14.2. The molecule has 0 radical (unpaired) electrons. The minimum absolute atomic E-state index is 0.862. The zero-order valence-corrected chi connectivity index (χ0v) is 21.4. The van der Waals surface area contributed by atoms with Crippen LogP contribution in [0.15, 0.2) is 132 Å². The molecule has 0 atom stereocenters. The number of rotatable bonds is 1. The van der Waals surface area contributed by atoms with E-state index in [0.717, 1.165) is 50.1 Å². The quantitative estimate of drug-likeness (QED) is 0.159. The van der Waals surface area contributed by atoms with Crippen LogP contribution in [-0.4, -0.2) is 13.5 Å². The molecule has 0 saturated carbocycles. The molecular weight excluding hydrogens is 490 g/mol. The zero-order valence-electron chi connectivity index (χ0n) is 21.4. The number of hydrogen-bond acceptors (Lipinski definition) is 1. The van der Waals surface area contributed by atoms with E-state index in [1.165, 1.54) is 32.6 Å². The summed E-state index contributed by atoms with van der Waals surface area (Å²) in [6, 6.07) is 45.4. The molecule has 0 N–H and O–H groups in total. The van der Waals surface area contributed by atoms with Gasteiger partial charge >= 0.3 is 0 Å². The standard InChI is InChI=1S/C36H21N3O/c1-2-11-22(12-3-1)37-28-17-6-7-18-29(28)38-30-19-8-9-20-32(30)40-36-34-26(21-31(37)35(36)38)25-15-10-14-24-23-13-4-5-16-27(23)39(34)33(24)25/h1-21H. The molecule has 2 aromatic heterocycles. The molecule has 6 aromatic carbocycles. The Labute approximate surface area is 227 Å². The second-order valence-corrected chi connectivity index (χ2v) is 10.6. The number of fused-ring (bicyclic) bond motifs is 11. The highest BCUT2D eigenvalue weighted by Crippen LogP contribution is 2.46. The van der Waals surface area contributed by atoms with Crippen molar-refractivity contribution < 1.29 is 4.42 Å². The molecule has 8 aromatic rings. The van der Waals surface area contributed by atoms with Crippen LogP contribution < -0.4 is 0 Å². The molecular formula is C36H21N3O. The average Bonchev–Trinajstić information content (AvgIpc) is 3.53. The normalized spacial score (nSPS) is 12.5. The van der Waals surface area contributed by atoms with Crippen LogP contribution in [0, 0.1) is 0 Å². The molecule has 0 unspecified atom stereocenters. The summed E-state index contributed by atoms with van der Waals surface area (Å²) in [4.78, 5) is 0. The van der Waals surface area contributed by atoms with E-state index in [-0.39, 0.29) is 0 Å². The van der Waals surface area contributed by atoms with Gasteiger partial charge in [0, 0.05) is 27.2 Å². The molecule has 0 bridgehead atoms. The first kappa shape index (κ1) is 20.5. The summed E-state index contributed by atoms with van der Waals surface area (Å²) in [6.45, 7) is 0. The van der Waals surface area contributed by atoms with Crippen molar-refractivity contribution in [1.82, 2.24) is 13.5 Å². The molecule has 40 heavy (non-hydrogen) atoms. The third-order valence-corrected chi connectivity index (χ3v) is 8.58. The van der Waals surface area contributed by atoms with Crippen LogP contribution in [0.3, 0.4) is 0 Å². The van der Waals surface area contributed by atoms with E-state index in [4.69, 9.17) is 4.42 Å². The van der Waals surface area contributed by atoms with Crippen molar-refractivity contribution in [2.45, 2.75) is 0 Å². The molecule has 10 rings (SSSR count). The first-order valence-electron chi connectivity index (χ1n) is 13.6. The van der Waals surface area contributed by atoms with E-state index in [0.29, 0.717) is 0 Å². The second-order valence-electron chi connectivity index (χ2n) is 10.6. The maximum atomic E-state index is 6.96. The number of aromatic nitrogens is 3. The lowest BCUT2D eigenvalue weighted by Crippen LogP contribution is -2.11. The topological polar surface area (TPSA) is 27.4 Å². The van der Waals surface area contributed by atoms with Gasteiger partial charge in [0.1, 0.15) is 5.69 Å². The molecule has 4 nitrogen and oxygen atoms in total. The lowest BCUT2D eigenvalue weighted by atomic mass is 10.1. The molecule has 0 spiro atoms. The Hall–Kier alpha value is -5.48. The molecule has 2 aliphatic heterocycles. The third-order valence-electron chi connectivity index (χ3n) is 8.58. The van der Waals surface area contributed by atoms with Crippen molar-refractivity contribution in [2.75, 3.05) is 0 Å². The van der Waals surface area contributed by atoms with Gasteiger partial charge in [-0.25, -0.2) is 0 Å². The third kappa shape index (κ3) is 2.34. The lowest BCUT2D eigenvalue weighted by molar-refractivity contribution is 0.650. The SMILES string of the molecule is c1ccc(-n2c3cc4c5cccc6c7ccccc7n(c4c4oc7ccccc7n(c7ccccc72)-c43)c65)cc1. The van der Waals surface area contributed by atoms with Gasteiger partial charge in [0.15, 0.2) is 11.2 Å². The molecule has 2 aliphatic rings.